The first-order valence-electron chi connectivity index (χ1n) is 7.56. The van der Waals surface area contributed by atoms with Crippen molar-refractivity contribution in [1.29, 1.82) is 0 Å². The summed E-state index contributed by atoms with van der Waals surface area (Å²) in [6.45, 7) is 2.83. The van der Waals surface area contributed by atoms with Crippen molar-refractivity contribution in [1.82, 2.24) is 14.7 Å². The van der Waals surface area contributed by atoms with Gasteiger partial charge in [0.1, 0.15) is 0 Å². The van der Waals surface area contributed by atoms with Gasteiger partial charge < -0.3 is 9.64 Å². The van der Waals surface area contributed by atoms with Gasteiger partial charge in [0.15, 0.2) is 0 Å². The Morgan fingerprint density at radius 1 is 1.27 bits per heavy atom. The minimum atomic E-state index is -3.23. The van der Waals surface area contributed by atoms with E-state index in [4.69, 9.17) is 4.74 Å². The van der Waals surface area contributed by atoms with Gasteiger partial charge in [0, 0.05) is 32.1 Å². The lowest BCUT2D eigenvalue weighted by Crippen LogP contribution is -2.57. The van der Waals surface area contributed by atoms with Gasteiger partial charge >= 0.3 is 0 Å². The van der Waals surface area contributed by atoms with Gasteiger partial charge in [-0.05, 0) is 30.7 Å². The normalized spacial score (nSPS) is 25.3. The van der Waals surface area contributed by atoms with Crippen molar-refractivity contribution in [3.05, 3.63) is 18.5 Å². The third-order valence-electron chi connectivity index (χ3n) is 4.72. The van der Waals surface area contributed by atoms with Crippen molar-refractivity contribution in [3.63, 3.8) is 0 Å². The summed E-state index contributed by atoms with van der Waals surface area (Å²) in [6.07, 6.45) is 7.43. The molecule has 1 aromatic rings. The maximum absolute atomic E-state index is 11.6. The van der Waals surface area contributed by atoms with Crippen LogP contribution in [0.5, 0.6) is 0 Å². The average Bonchev–Trinajstić information content (AvgIpc) is 2.50. The molecule has 0 amide bonds. The zero-order valence-corrected chi connectivity index (χ0v) is 13.6. The Hall–Kier alpha value is -1.25. The molecule has 2 aliphatic heterocycles. The van der Waals surface area contributed by atoms with Crippen LogP contribution in [-0.4, -0.2) is 57.0 Å². The van der Waals surface area contributed by atoms with E-state index in [1.54, 1.807) is 18.5 Å². The van der Waals surface area contributed by atoms with Gasteiger partial charge in [-0.15, -0.1) is 0 Å². The molecular weight excluding hydrogens is 304 g/mol. The molecule has 2 aliphatic rings. The fourth-order valence-electron chi connectivity index (χ4n) is 3.45. The number of sulfonamides is 1. The number of anilines is 1. The van der Waals surface area contributed by atoms with E-state index in [1.165, 1.54) is 6.26 Å². The lowest BCUT2D eigenvalue weighted by Gasteiger charge is -2.48. The van der Waals surface area contributed by atoms with Gasteiger partial charge in [0.25, 0.3) is 0 Å². The van der Waals surface area contributed by atoms with Gasteiger partial charge in [-0.25, -0.2) is 23.1 Å². The van der Waals surface area contributed by atoms with Gasteiger partial charge in [-0.1, -0.05) is 0 Å². The highest BCUT2D eigenvalue weighted by Crippen LogP contribution is 2.41. The minimum Gasteiger partial charge on any atom is -0.380 e. The summed E-state index contributed by atoms with van der Waals surface area (Å²) in [4.78, 5) is 10.8. The predicted octanol–water partition coefficient (Wildman–Crippen LogP) is 0.401. The largest absolute Gasteiger partial charge is 0.380 e. The molecule has 2 fully saturated rings. The Kier molecular flexibility index (Phi) is 4.33. The van der Waals surface area contributed by atoms with Crippen LogP contribution in [0.15, 0.2) is 18.5 Å². The van der Waals surface area contributed by atoms with Crippen LogP contribution in [0.25, 0.3) is 0 Å². The van der Waals surface area contributed by atoms with Gasteiger partial charge in [0.05, 0.1) is 18.9 Å². The monoisotopic (exact) mass is 326 g/mol. The molecule has 0 aliphatic carbocycles. The molecule has 8 heteroatoms. The van der Waals surface area contributed by atoms with Crippen LogP contribution in [0.2, 0.25) is 0 Å². The number of nitrogens with zero attached hydrogens (tertiary/aromatic N) is 3. The van der Waals surface area contributed by atoms with Gasteiger partial charge in [-0.3, -0.25) is 0 Å². The number of hydrogen-bond acceptors (Lipinski definition) is 6. The molecule has 1 aromatic heterocycles. The first-order valence-corrected chi connectivity index (χ1v) is 9.45. The summed E-state index contributed by atoms with van der Waals surface area (Å²) >= 11 is 0. The third kappa shape index (κ3) is 3.39. The number of rotatable bonds is 3. The summed E-state index contributed by atoms with van der Waals surface area (Å²) in [5.41, 5.74) is -0.0212. The Labute approximate surface area is 131 Å². The Morgan fingerprint density at radius 3 is 2.59 bits per heavy atom. The molecule has 22 heavy (non-hydrogen) atoms. The van der Waals surface area contributed by atoms with E-state index < -0.39 is 10.0 Å². The highest BCUT2D eigenvalue weighted by atomic mass is 32.2. The molecule has 3 heterocycles. The van der Waals surface area contributed by atoms with Crippen molar-refractivity contribution in [2.75, 3.05) is 37.5 Å². The molecule has 0 bridgehead atoms. The average molecular weight is 326 g/mol. The lowest BCUT2D eigenvalue weighted by molar-refractivity contribution is -0.0233. The summed E-state index contributed by atoms with van der Waals surface area (Å²) in [5, 5.41) is 0. The fraction of sp³-hybridized carbons (Fsp3) is 0.714. The molecule has 3 rings (SSSR count). The minimum absolute atomic E-state index is 0.0212. The standard InChI is InChI=1S/C14H22N4O3S/c1-22(19,20)17-12-11-21-10-5-14(12)3-8-18(9-4-14)13-15-6-2-7-16-13/h2,6-7,12,17H,3-5,8-11H2,1H3/t12-/m0/s1. The second kappa shape index (κ2) is 6.10. The number of nitrogens with one attached hydrogen (secondary N) is 1. The molecule has 0 aromatic carbocycles. The van der Waals surface area contributed by atoms with Gasteiger partial charge in [-0.2, -0.15) is 0 Å². The van der Waals surface area contributed by atoms with Crippen molar-refractivity contribution in [2.24, 2.45) is 5.41 Å². The summed E-state index contributed by atoms with van der Waals surface area (Å²) < 4.78 is 31.5. The van der Waals surface area contributed by atoms with Gasteiger partial charge in [0.2, 0.25) is 16.0 Å². The second-order valence-electron chi connectivity index (χ2n) is 6.17. The molecule has 1 atom stereocenters. The Balaban J connectivity index is 1.71. The topological polar surface area (TPSA) is 84.4 Å². The molecule has 7 nitrogen and oxygen atoms in total. The maximum Gasteiger partial charge on any atom is 0.225 e. The van der Waals surface area contributed by atoms with E-state index >= 15 is 0 Å². The third-order valence-corrected chi connectivity index (χ3v) is 5.43. The first-order chi connectivity index (χ1) is 10.5. The molecule has 1 N–H and O–H groups in total. The smallest absolute Gasteiger partial charge is 0.225 e. The molecular formula is C14H22N4O3S. The summed E-state index contributed by atoms with van der Waals surface area (Å²) in [6, 6.07) is 1.66. The van der Waals surface area contributed by atoms with Crippen LogP contribution in [0.3, 0.4) is 0 Å². The number of piperidine rings is 1. The molecule has 1 spiro atoms. The zero-order chi connectivity index (χ0) is 15.6. The van der Waals surface area contributed by atoms with E-state index in [0.29, 0.717) is 13.2 Å². The van der Waals surface area contributed by atoms with Crippen LogP contribution < -0.4 is 9.62 Å². The van der Waals surface area contributed by atoms with E-state index in [0.717, 1.165) is 38.3 Å². The maximum atomic E-state index is 11.6. The number of aromatic nitrogens is 2. The van der Waals surface area contributed by atoms with Crippen molar-refractivity contribution in [2.45, 2.75) is 25.3 Å². The molecule has 122 valence electrons. The zero-order valence-electron chi connectivity index (χ0n) is 12.7. The van der Waals surface area contributed by atoms with Crippen molar-refractivity contribution in [3.8, 4) is 0 Å². The van der Waals surface area contributed by atoms with Crippen molar-refractivity contribution < 1.29 is 13.2 Å². The fourth-order valence-corrected chi connectivity index (χ4v) is 4.28. The van der Waals surface area contributed by atoms with E-state index in [2.05, 4.69) is 19.6 Å². The van der Waals surface area contributed by atoms with Crippen LogP contribution >= 0.6 is 0 Å². The van der Waals surface area contributed by atoms with Crippen LogP contribution in [-0.2, 0) is 14.8 Å². The van der Waals surface area contributed by atoms with E-state index in [9.17, 15) is 8.42 Å². The highest BCUT2D eigenvalue weighted by molar-refractivity contribution is 7.88. The summed E-state index contributed by atoms with van der Waals surface area (Å²) in [5.74, 6) is 0.747. The summed E-state index contributed by atoms with van der Waals surface area (Å²) in [7, 11) is -3.23. The van der Waals surface area contributed by atoms with Crippen molar-refractivity contribution >= 4 is 16.0 Å². The van der Waals surface area contributed by atoms with E-state index in [-0.39, 0.29) is 11.5 Å². The molecule has 0 saturated carbocycles. The van der Waals surface area contributed by atoms with Crippen LogP contribution in [0.1, 0.15) is 19.3 Å². The molecule has 2 saturated heterocycles. The Bertz CT molecular complexity index is 600. The first kappa shape index (κ1) is 15.6. The SMILES string of the molecule is CS(=O)(=O)N[C@H]1COCCC12CCN(c1ncccn1)CC2. The molecule has 0 radical (unpaired) electrons. The second-order valence-corrected chi connectivity index (χ2v) is 7.95. The predicted molar refractivity (Wildman–Crippen MR) is 83.1 cm³/mol. The highest BCUT2D eigenvalue weighted by Gasteiger charge is 2.44. The Morgan fingerprint density at radius 2 is 1.95 bits per heavy atom. The lowest BCUT2D eigenvalue weighted by atomic mass is 9.69. The van der Waals surface area contributed by atoms with Crippen LogP contribution in [0.4, 0.5) is 5.95 Å². The molecule has 0 unspecified atom stereocenters. The number of ether oxygens (including phenoxy) is 1. The number of hydrogen-bond donors (Lipinski definition) is 1. The van der Waals surface area contributed by atoms with Crippen LogP contribution in [0, 0.1) is 5.41 Å². The quantitative estimate of drug-likeness (QED) is 0.865. The van der Waals surface area contributed by atoms with E-state index in [1.807, 2.05) is 0 Å².